The normalized spacial score (nSPS) is 10.2. The lowest BCUT2D eigenvalue weighted by molar-refractivity contribution is 0.462. The van der Waals surface area contributed by atoms with E-state index >= 15 is 0 Å². The van der Waals surface area contributed by atoms with Crippen molar-refractivity contribution in [3.8, 4) is 22.9 Å². The van der Waals surface area contributed by atoms with Gasteiger partial charge in [-0.15, -0.1) is 0 Å². The highest BCUT2D eigenvalue weighted by atomic mass is 16.5. The van der Waals surface area contributed by atoms with Gasteiger partial charge in [0.2, 0.25) is 5.88 Å². The molecule has 1 aromatic heterocycles. The van der Waals surface area contributed by atoms with Gasteiger partial charge in [-0.1, -0.05) is 36.4 Å². The lowest BCUT2D eigenvalue weighted by Crippen LogP contribution is -1.92. The molecule has 0 aliphatic heterocycles. The molecule has 2 aromatic carbocycles. The van der Waals surface area contributed by atoms with E-state index in [1.807, 2.05) is 48.5 Å². The first-order valence-corrected chi connectivity index (χ1v) is 6.22. The third kappa shape index (κ3) is 2.75. The molecule has 4 heteroatoms. The fourth-order valence-electron chi connectivity index (χ4n) is 1.86. The summed E-state index contributed by atoms with van der Waals surface area (Å²) in [5.74, 6) is 1.15. The predicted octanol–water partition coefficient (Wildman–Crippen LogP) is 3.52. The minimum Gasteiger partial charge on any atom is -0.439 e. The van der Waals surface area contributed by atoms with Crippen molar-refractivity contribution >= 4 is 5.69 Å². The highest BCUT2D eigenvalue weighted by molar-refractivity contribution is 5.59. The SMILES string of the molecule is Nc1cccc(Oc2cc(-c3ccccc3)ncn2)c1. The number of ether oxygens (including phenoxy) is 1. The van der Waals surface area contributed by atoms with Crippen molar-refractivity contribution in [1.29, 1.82) is 0 Å². The Morgan fingerprint density at radius 2 is 1.70 bits per heavy atom. The number of anilines is 1. The molecule has 20 heavy (non-hydrogen) atoms. The summed E-state index contributed by atoms with van der Waals surface area (Å²) < 4.78 is 5.69. The maximum absolute atomic E-state index is 5.72. The molecule has 4 nitrogen and oxygen atoms in total. The van der Waals surface area contributed by atoms with Gasteiger partial charge in [0.25, 0.3) is 0 Å². The molecule has 3 rings (SSSR count). The van der Waals surface area contributed by atoms with Gasteiger partial charge in [-0.3, -0.25) is 0 Å². The van der Waals surface area contributed by atoms with Crippen molar-refractivity contribution in [3.05, 3.63) is 67.0 Å². The highest BCUT2D eigenvalue weighted by Crippen LogP contribution is 2.24. The quantitative estimate of drug-likeness (QED) is 0.734. The topological polar surface area (TPSA) is 61.0 Å². The molecule has 0 radical (unpaired) electrons. The second-order valence-corrected chi connectivity index (χ2v) is 4.28. The van der Waals surface area contributed by atoms with E-state index < -0.39 is 0 Å². The number of hydrogen-bond acceptors (Lipinski definition) is 4. The molecule has 0 bridgehead atoms. The second-order valence-electron chi connectivity index (χ2n) is 4.28. The van der Waals surface area contributed by atoms with E-state index in [-0.39, 0.29) is 0 Å². The maximum Gasteiger partial charge on any atom is 0.222 e. The van der Waals surface area contributed by atoms with Crippen LogP contribution in [0, 0.1) is 0 Å². The number of hydrogen-bond donors (Lipinski definition) is 1. The van der Waals surface area contributed by atoms with Crippen LogP contribution in [0.15, 0.2) is 67.0 Å². The van der Waals surface area contributed by atoms with Crippen molar-refractivity contribution in [2.24, 2.45) is 0 Å². The largest absolute Gasteiger partial charge is 0.439 e. The number of nitrogen functional groups attached to an aromatic ring is 1. The van der Waals surface area contributed by atoms with Crippen LogP contribution in [-0.2, 0) is 0 Å². The zero-order valence-electron chi connectivity index (χ0n) is 10.7. The summed E-state index contributed by atoms with van der Waals surface area (Å²) in [6.07, 6.45) is 1.49. The molecule has 98 valence electrons. The fraction of sp³-hybridized carbons (Fsp3) is 0. The zero-order chi connectivity index (χ0) is 13.8. The third-order valence-electron chi connectivity index (χ3n) is 2.79. The second kappa shape index (κ2) is 5.40. The Kier molecular flexibility index (Phi) is 3.29. The van der Waals surface area contributed by atoms with Gasteiger partial charge >= 0.3 is 0 Å². The first-order chi connectivity index (χ1) is 9.81. The monoisotopic (exact) mass is 263 g/mol. The Labute approximate surface area is 116 Å². The Hall–Kier alpha value is -2.88. The number of aromatic nitrogens is 2. The summed E-state index contributed by atoms with van der Waals surface area (Å²) in [7, 11) is 0. The molecule has 3 aromatic rings. The van der Waals surface area contributed by atoms with Crippen LogP contribution in [0.1, 0.15) is 0 Å². The molecule has 0 amide bonds. The van der Waals surface area contributed by atoms with Gasteiger partial charge in [-0.25, -0.2) is 9.97 Å². The summed E-state index contributed by atoms with van der Waals surface area (Å²) in [5.41, 5.74) is 8.21. The van der Waals surface area contributed by atoms with E-state index in [1.54, 1.807) is 12.1 Å². The van der Waals surface area contributed by atoms with E-state index in [2.05, 4.69) is 9.97 Å². The summed E-state index contributed by atoms with van der Waals surface area (Å²) in [4.78, 5) is 8.37. The highest BCUT2D eigenvalue weighted by Gasteiger charge is 2.03. The Balaban J connectivity index is 1.88. The molecule has 0 saturated carbocycles. The maximum atomic E-state index is 5.72. The molecule has 0 aliphatic rings. The summed E-state index contributed by atoms with van der Waals surface area (Å²) in [6, 6.07) is 18.9. The summed E-state index contributed by atoms with van der Waals surface area (Å²) >= 11 is 0. The molecule has 0 aliphatic carbocycles. The standard InChI is InChI=1S/C16H13N3O/c17-13-7-4-8-14(9-13)20-16-10-15(18-11-19-16)12-5-2-1-3-6-12/h1-11H,17H2. The van der Waals surface area contributed by atoms with Gasteiger partial charge in [0.1, 0.15) is 12.1 Å². The van der Waals surface area contributed by atoms with Gasteiger partial charge in [-0.2, -0.15) is 0 Å². The van der Waals surface area contributed by atoms with Crippen LogP contribution in [0.4, 0.5) is 5.69 Å². The Morgan fingerprint density at radius 3 is 2.50 bits per heavy atom. The van der Waals surface area contributed by atoms with Crippen LogP contribution < -0.4 is 10.5 Å². The molecule has 0 atom stereocenters. The molecule has 0 fully saturated rings. The summed E-state index contributed by atoms with van der Waals surface area (Å²) in [6.45, 7) is 0. The van der Waals surface area contributed by atoms with Crippen LogP contribution >= 0.6 is 0 Å². The van der Waals surface area contributed by atoms with E-state index in [0.717, 1.165) is 11.3 Å². The summed E-state index contributed by atoms with van der Waals surface area (Å²) in [5, 5.41) is 0. The van der Waals surface area contributed by atoms with Crippen LogP contribution in [0.5, 0.6) is 11.6 Å². The minimum atomic E-state index is 0.490. The molecule has 1 heterocycles. The zero-order valence-corrected chi connectivity index (χ0v) is 10.7. The average molecular weight is 263 g/mol. The average Bonchev–Trinajstić information content (AvgIpc) is 2.48. The van der Waals surface area contributed by atoms with E-state index in [0.29, 0.717) is 17.3 Å². The van der Waals surface area contributed by atoms with Gasteiger partial charge in [-0.05, 0) is 12.1 Å². The van der Waals surface area contributed by atoms with Crippen LogP contribution in [0.2, 0.25) is 0 Å². The Morgan fingerprint density at radius 1 is 0.850 bits per heavy atom. The third-order valence-corrected chi connectivity index (χ3v) is 2.79. The minimum absolute atomic E-state index is 0.490. The lowest BCUT2D eigenvalue weighted by Gasteiger charge is -2.06. The number of rotatable bonds is 3. The molecule has 2 N–H and O–H groups in total. The van der Waals surface area contributed by atoms with Gasteiger partial charge < -0.3 is 10.5 Å². The number of benzene rings is 2. The smallest absolute Gasteiger partial charge is 0.222 e. The number of nitrogens with zero attached hydrogens (tertiary/aromatic N) is 2. The van der Waals surface area contributed by atoms with Crippen molar-refractivity contribution in [1.82, 2.24) is 9.97 Å². The molecular weight excluding hydrogens is 250 g/mol. The van der Waals surface area contributed by atoms with Gasteiger partial charge in [0, 0.05) is 23.4 Å². The van der Waals surface area contributed by atoms with Crippen LogP contribution in [-0.4, -0.2) is 9.97 Å². The van der Waals surface area contributed by atoms with Crippen molar-refractivity contribution in [3.63, 3.8) is 0 Å². The number of nitrogens with two attached hydrogens (primary N) is 1. The van der Waals surface area contributed by atoms with Crippen molar-refractivity contribution in [2.45, 2.75) is 0 Å². The van der Waals surface area contributed by atoms with E-state index in [1.165, 1.54) is 6.33 Å². The van der Waals surface area contributed by atoms with Crippen LogP contribution in [0.25, 0.3) is 11.3 Å². The fourth-order valence-corrected chi connectivity index (χ4v) is 1.86. The van der Waals surface area contributed by atoms with Crippen molar-refractivity contribution in [2.75, 3.05) is 5.73 Å². The van der Waals surface area contributed by atoms with E-state index in [4.69, 9.17) is 10.5 Å². The lowest BCUT2D eigenvalue weighted by atomic mass is 10.1. The first-order valence-electron chi connectivity index (χ1n) is 6.22. The predicted molar refractivity (Wildman–Crippen MR) is 78.4 cm³/mol. The van der Waals surface area contributed by atoms with Gasteiger partial charge in [0.05, 0.1) is 5.69 Å². The first kappa shape index (κ1) is 12.2. The van der Waals surface area contributed by atoms with Crippen LogP contribution in [0.3, 0.4) is 0 Å². The van der Waals surface area contributed by atoms with E-state index in [9.17, 15) is 0 Å². The molecule has 0 spiro atoms. The molecule has 0 unspecified atom stereocenters. The van der Waals surface area contributed by atoms with Crippen molar-refractivity contribution < 1.29 is 4.74 Å². The molecular formula is C16H13N3O. The van der Waals surface area contributed by atoms with Gasteiger partial charge in [0.15, 0.2) is 0 Å². The molecule has 0 saturated heterocycles. The Bertz CT molecular complexity index is 714.